The van der Waals surface area contributed by atoms with E-state index in [1.165, 1.54) is 5.51 Å². The maximum Gasteiger partial charge on any atom is -0.0122 e. The summed E-state index contributed by atoms with van der Waals surface area (Å²) in [6, 6.07) is 0. The zero-order valence-electron chi connectivity index (χ0n) is 1.68. The van der Waals surface area contributed by atoms with Gasteiger partial charge in [0.15, 0.2) is 0 Å². The van der Waals surface area contributed by atoms with Gasteiger partial charge in [-0.15, -0.1) is 0 Å². The van der Waals surface area contributed by atoms with E-state index >= 15 is 0 Å². The van der Waals surface area contributed by atoms with Crippen LogP contribution in [0.25, 0.3) is 0 Å². The Morgan fingerprint density at radius 3 is 2.00 bits per heavy atom. The Morgan fingerprint density at radius 1 is 1.75 bits per heavy atom. The molecule has 0 unspecified atom stereocenters. The summed E-state index contributed by atoms with van der Waals surface area (Å²) in [7, 11) is 1.04. The molecule has 0 rings (SSSR count). The van der Waals surface area contributed by atoms with Crippen LogP contribution in [0.15, 0.2) is 0 Å². The van der Waals surface area contributed by atoms with E-state index in [1.54, 1.807) is 0 Å². The number of hydrogen-bond acceptors (Lipinski definition) is 1. The first-order valence-electron chi connectivity index (χ1n) is 0.552. The van der Waals surface area contributed by atoms with E-state index in [9.17, 15) is 0 Å². The van der Waals surface area contributed by atoms with Crippen LogP contribution < -0.4 is 0 Å². The molecular formula is IP2S-. The second kappa shape index (κ2) is 4.68. The van der Waals surface area contributed by atoms with Crippen LogP contribution in [-0.4, -0.2) is 0 Å². The van der Waals surface area contributed by atoms with Gasteiger partial charge in [0.05, 0.1) is 0 Å². The van der Waals surface area contributed by atoms with Crippen molar-refractivity contribution in [3.8, 4) is 0 Å². The number of hydrogen-bond donors (Lipinski definition) is 0. The molecule has 0 atom stereocenters. The lowest BCUT2D eigenvalue weighted by Gasteiger charge is -1.71. The molecule has 0 saturated heterocycles. The van der Waals surface area contributed by atoms with Gasteiger partial charge in [-0.3, -0.25) is 0 Å². The molecule has 0 bridgehead atoms. The standard InChI is InChI=1S/IP2S/c1-2-3-4/q-1. The van der Waals surface area contributed by atoms with E-state index in [0.29, 0.717) is 0 Å². The molecule has 0 aromatic heterocycles. The van der Waals surface area contributed by atoms with Gasteiger partial charge in [0.2, 0.25) is 0 Å². The van der Waals surface area contributed by atoms with Crippen molar-refractivity contribution in [3.63, 3.8) is 0 Å². The van der Waals surface area contributed by atoms with Crippen LogP contribution in [0.5, 0.6) is 0 Å². The summed E-state index contributed by atoms with van der Waals surface area (Å²) in [5.41, 5.74) is 1.26. The van der Waals surface area contributed by atoms with Crippen LogP contribution in [0.2, 0.25) is 0 Å². The fourth-order valence-electron chi connectivity index (χ4n) is 0. The maximum atomic E-state index is 4.51. The van der Waals surface area contributed by atoms with Crippen molar-refractivity contribution in [2.45, 2.75) is 0 Å². The zero-order valence-corrected chi connectivity index (χ0v) is 6.44. The Labute approximate surface area is 46.8 Å². The van der Waals surface area contributed by atoms with Crippen molar-refractivity contribution in [1.82, 2.24) is 0 Å². The SMILES string of the molecule is [S-]P=PI. The van der Waals surface area contributed by atoms with Crippen molar-refractivity contribution in [2.75, 3.05) is 0 Å². The Balaban J connectivity index is 2.55. The molecule has 0 saturated carbocycles. The maximum absolute atomic E-state index is 4.51. The quantitative estimate of drug-likeness (QED) is 0.344. The van der Waals surface area contributed by atoms with E-state index in [2.05, 4.69) is 34.3 Å². The predicted molar refractivity (Wildman–Crippen MR) is 35.2 cm³/mol. The summed E-state index contributed by atoms with van der Waals surface area (Å²) in [5, 5.41) is 0. The first-order valence-corrected chi connectivity index (χ1v) is 6.84. The van der Waals surface area contributed by atoms with Gasteiger partial charge in [-0.25, -0.2) is 7.07 Å². The molecule has 0 radical (unpaired) electrons. The minimum absolute atomic E-state index is 1.04. The summed E-state index contributed by atoms with van der Waals surface area (Å²) in [6.45, 7) is 0. The van der Waals surface area contributed by atoms with Crippen LogP contribution in [-0.2, 0) is 12.2 Å². The highest BCUT2D eigenvalue weighted by Gasteiger charge is 1.26. The molecule has 0 nitrogen and oxygen atoms in total. The van der Waals surface area contributed by atoms with E-state index < -0.39 is 0 Å². The van der Waals surface area contributed by atoms with Gasteiger partial charge >= 0.3 is 0 Å². The van der Waals surface area contributed by atoms with Crippen molar-refractivity contribution in [2.24, 2.45) is 0 Å². The Morgan fingerprint density at radius 2 is 2.00 bits per heavy atom. The fraction of sp³-hybridized carbons (Fsp3) is 0. The predicted octanol–water partition coefficient (Wildman–Crippen LogP) is 2.61. The molecule has 0 aliphatic carbocycles. The molecule has 0 heterocycles. The molecule has 4 heteroatoms. The number of rotatable bonds is 0. The molecule has 4 heavy (non-hydrogen) atoms. The minimum Gasteiger partial charge on any atom is -0.722 e. The topological polar surface area (TPSA) is 0 Å². The third-order valence-electron chi connectivity index (χ3n) is 0.0309. The largest absolute Gasteiger partial charge is 0.722 e. The average Bonchev–Trinajstić information content (AvgIpc) is 1.37. The van der Waals surface area contributed by atoms with Crippen molar-refractivity contribution < 1.29 is 0 Å². The second-order valence-electron chi connectivity index (χ2n) is 0.157. The molecule has 0 fully saturated rings. The Hall–Kier alpha value is 1.68. The van der Waals surface area contributed by atoms with E-state index in [1.807, 2.05) is 0 Å². The van der Waals surface area contributed by atoms with Gasteiger partial charge in [-0.05, 0) is 27.6 Å². The lowest BCUT2D eigenvalue weighted by atomic mass is 30.0. The third kappa shape index (κ3) is 3.68. The van der Waals surface area contributed by atoms with Crippen LogP contribution in [0, 0.1) is 0 Å². The van der Waals surface area contributed by atoms with E-state index in [-0.39, 0.29) is 0 Å². The molecular weight excluding hydrogens is 221 g/mol. The molecule has 0 amide bonds. The molecule has 0 N–H and O–H groups in total. The van der Waals surface area contributed by atoms with Crippen LogP contribution >= 0.6 is 34.6 Å². The van der Waals surface area contributed by atoms with E-state index in [0.717, 1.165) is 7.07 Å². The summed E-state index contributed by atoms with van der Waals surface area (Å²) >= 11 is 6.71. The van der Waals surface area contributed by atoms with Gasteiger partial charge < -0.3 is 12.2 Å². The summed E-state index contributed by atoms with van der Waals surface area (Å²) < 4.78 is 0. The first kappa shape index (κ1) is 5.68. The lowest BCUT2D eigenvalue weighted by molar-refractivity contribution is 5.79. The summed E-state index contributed by atoms with van der Waals surface area (Å²) in [6.07, 6.45) is 0. The first-order chi connectivity index (χ1) is 1.91. The second-order valence-corrected chi connectivity index (χ2v) is 6.77. The van der Waals surface area contributed by atoms with Gasteiger partial charge in [0.25, 0.3) is 0 Å². The monoisotopic (exact) mass is 221 g/mol. The van der Waals surface area contributed by atoms with Gasteiger partial charge in [-0.2, -0.15) is 0 Å². The molecule has 0 aromatic carbocycles. The third-order valence-corrected chi connectivity index (χ3v) is 5.59. The Kier molecular flexibility index (Phi) is 6.65. The van der Waals surface area contributed by atoms with Crippen molar-refractivity contribution in [1.29, 1.82) is 0 Å². The van der Waals surface area contributed by atoms with Gasteiger partial charge in [0, 0.05) is 0 Å². The minimum atomic E-state index is 1.04. The van der Waals surface area contributed by atoms with E-state index in [4.69, 9.17) is 0 Å². The highest BCUT2D eigenvalue weighted by molar-refractivity contribution is 14.2. The summed E-state index contributed by atoms with van der Waals surface area (Å²) in [4.78, 5) is 0. The normalized spacial score (nSPS) is 9.50. The highest BCUT2D eigenvalue weighted by atomic mass is 127. The lowest BCUT2D eigenvalue weighted by Crippen LogP contribution is -0.819. The smallest absolute Gasteiger partial charge is 0.0122 e. The Bertz CT molecular complexity index is 21.2. The zero-order chi connectivity index (χ0) is 3.41. The van der Waals surface area contributed by atoms with Crippen LogP contribution in [0.4, 0.5) is 0 Å². The van der Waals surface area contributed by atoms with Crippen LogP contribution in [0.1, 0.15) is 0 Å². The number of halogens is 1. The van der Waals surface area contributed by atoms with Gasteiger partial charge in [-0.1, -0.05) is 0 Å². The molecule has 0 spiro atoms. The average molecular weight is 221 g/mol. The molecule has 0 aliphatic rings. The molecule has 24 valence electrons. The summed E-state index contributed by atoms with van der Waals surface area (Å²) in [5.74, 6) is 0. The van der Waals surface area contributed by atoms with Gasteiger partial charge in [0.1, 0.15) is 0 Å². The van der Waals surface area contributed by atoms with Crippen molar-refractivity contribution >= 4 is 46.9 Å². The van der Waals surface area contributed by atoms with Crippen molar-refractivity contribution in [3.05, 3.63) is 0 Å². The molecule has 0 aliphatic heterocycles. The van der Waals surface area contributed by atoms with Crippen LogP contribution in [0.3, 0.4) is 0 Å². The molecule has 0 aromatic rings. The highest BCUT2D eigenvalue weighted by Crippen LogP contribution is 2.20. The fourth-order valence-corrected chi connectivity index (χ4v) is 0.